The molecule has 1 rings (SSSR count). The van der Waals surface area contributed by atoms with Gasteiger partial charge < -0.3 is 9.22 Å². The topological polar surface area (TPSA) is 9.23 Å². The number of ether oxygens (including phenoxy) is 1. The second kappa shape index (κ2) is 17.8. The van der Waals surface area contributed by atoms with Gasteiger partial charge in [-0.05, 0) is 26.2 Å². The monoisotopic (exact) mass is 396 g/mol. The molecule has 0 saturated carbocycles. The Kier molecular flexibility index (Phi) is 16.5. The molecule has 0 aromatic rings. The Morgan fingerprint density at radius 3 is 1.54 bits per heavy atom. The Bertz CT molecular complexity index is 332. The van der Waals surface area contributed by atoms with Crippen LogP contribution < -0.4 is 0 Å². The number of likely N-dealkylation sites (N-methyl/N-ethyl adjacent to an activating group) is 1. The zero-order valence-corrected chi connectivity index (χ0v) is 20.0. The molecule has 2 nitrogen and oxygen atoms in total. The maximum absolute atomic E-state index is 5.90. The highest BCUT2D eigenvalue weighted by molar-refractivity contribution is 4.61. The summed E-state index contributed by atoms with van der Waals surface area (Å²) in [4.78, 5) is 0. The number of rotatable bonds is 19. The molecule has 0 spiro atoms. The maximum Gasteiger partial charge on any atom is 0.106 e. The Labute approximate surface area is 178 Å². The lowest BCUT2D eigenvalue weighted by molar-refractivity contribution is -0.937. The molecular weight excluding hydrogens is 342 g/mol. The first-order valence-corrected chi connectivity index (χ1v) is 13.2. The zero-order valence-electron chi connectivity index (χ0n) is 20.0. The fourth-order valence-electron chi connectivity index (χ4n) is 4.88. The molecule has 0 aromatic carbocycles. The predicted molar refractivity (Wildman–Crippen MR) is 125 cm³/mol. The van der Waals surface area contributed by atoms with Crippen molar-refractivity contribution in [2.75, 3.05) is 32.8 Å². The van der Waals surface area contributed by atoms with Crippen molar-refractivity contribution in [2.24, 2.45) is 0 Å². The van der Waals surface area contributed by atoms with E-state index >= 15 is 0 Å². The van der Waals surface area contributed by atoms with Crippen LogP contribution in [0.2, 0.25) is 0 Å². The highest BCUT2D eigenvalue weighted by atomic mass is 16.5. The number of morpholine rings is 1. The summed E-state index contributed by atoms with van der Waals surface area (Å²) >= 11 is 0. The van der Waals surface area contributed by atoms with E-state index < -0.39 is 0 Å². The second-order valence-corrected chi connectivity index (χ2v) is 9.49. The standard InChI is InChI=1S/C26H54NO/c1-4-7-8-9-10-11-12-13-14-15-16-17-18-19-20-21-22-27(6-3)23-24-28-26(5-2)25-27/h26H,4-25H2,1-3H3/q+1. The van der Waals surface area contributed by atoms with Gasteiger partial charge in [0.25, 0.3) is 0 Å². The van der Waals surface area contributed by atoms with E-state index in [0.717, 1.165) is 6.61 Å². The second-order valence-electron chi connectivity index (χ2n) is 9.49. The normalized spacial score (nSPS) is 22.6. The first-order chi connectivity index (χ1) is 13.8. The summed E-state index contributed by atoms with van der Waals surface area (Å²) in [6.07, 6.45) is 25.0. The van der Waals surface area contributed by atoms with Crippen molar-refractivity contribution in [1.82, 2.24) is 0 Å². The van der Waals surface area contributed by atoms with Gasteiger partial charge in [0.15, 0.2) is 0 Å². The zero-order chi connectivity index (χ0) is 20.3. The molecule has 0 bridgehead atoms. The summed E-state index contributed by atoms with van der Waals surface area (Å²) in [5, 5.41) is 0. The summed E-state index contributed by atoms with van der Waals surface area (Å²) in [6, 6.07) is 0. The largest absolute Gasteiger partial charge is 0.367 e. The number of nitrogens with zero attached hydrogens (tertiary/aromatic N) is 1. The van der Waals surface area contributed by atoms with Gasteiger partial charge >= 0.3 is 0 Å². The molecule has 1 heterocycles. The van der Waals surface area contributed by atoms with Crippen LogP contribution in [0.25, 0.3) is 0 Å². The van der Waals surface area contributed by atoms with Crippen LogP contribution in [0, 0.1) is 0 Å². The van der Waals surface area contributed by atoms with Crippen molar-refractivity contribution in [1.29, 1.82) is 0 Å². The Hall–Kier alpha value is -0.0800. The van der Waals surface area contributed by atoms with Gasteiger partial charge in [0.1, 0.15) is 19.2 Å². The molecule has 1 aliphatic rings. The van der Waals surface area contributed by atoms with Crippen LogP contribution in [-0.2, 0) is 4.74 Å². The van der Waals surface area contributed by atoms with Crippen molar-refractivity contribution in [3.05, 3.63) is 0 Å². The molecule has 168 valence electrons. The van der Waals surface area contributed by atoms with Crippen molar-refractivity contribution in [3.8, 4) is 0 Å². The summed E-state index contributed by atoms with van der Waals surface area (Å²) in [7, 11) is 0. The predicted octanol–water partition coefficient (Wildman–Crippen LogP) is 7.89. The van der Waals surface area contributed by atoms with Gasteiger partial charge in [0.2, 0.25) is 0 Å². The molecule has 1 aliphatic heterocycles. The molecule has 0 amide bonds. The van der Waals surface area contributed by atoms with E-state index in [1.165, 1.54) is 140 Å². The highest BCUT2D eigenvalue weighted by Gasteiger charge is 2.32. The highest BCUT2D eigenvalue weighted by Crippen LogP contribution is 2.20. The smallest absolute Gasteiger partial charge is 0.106 e. The Balaban J connectivity index is 1.85. The van der Waals surface area contributed by atoms with Crippen molar-refractivity contribution in [3.63, 3.8) is 0 Å². The summed E-state index contributed by atoms with van der Waals surface area (Å²) in [5.74, 6) is 0. The van der Waals surface area contributed by atoms with E-state index in [-0.39, 0.29) is 0 Å². The van der Waals surface area contributed by atoms with Crippen LogP contribution in [0.5, 0.6) is 0 Å². The molecule has 2 unspecified atom stereocenters. The molecule has 0 radical (unpaired) electrons. The lowest BCUT2D eigenvalue weighted by atomic mass is 10.0. The van der Waals surface area contributed by atoms with Gasteiger partial charge in [0.05, 0.1) is 19.7 Å². The number of quaternary nitrogens is 1. The molecule has 2 atom stereocenters. The van der Waals surface area contributed by atoms with E-state index in [1.807, 2.05) is 0 Å². The van der Waals surface area contributed by atoms with Crippen molar-refractivity contribution >= 4 is 0 Å². The first kappa shape index (κ1) is 26.0. The van der Waals surface area contributed by atoms with E-state index in [9.17, 15) is 0 Å². The number of hydrogen-bond donors (Lipinski definition) is 0. The third-order valence-corrected chi connectivity index (χ3v) is 7.12. The van der Waals surface area contributed by atoms with E-state index in [4.69, 9.17) is 4.74 Å². The summed E-state index contributed by atoms with van der Waals surface area (Å²) in [6.45, 7) is 13.1. The number of unbranched alkanes of at least 4 members (excludes halogenated alkanes) is 15. The van der Waals surface area contributed by atoms with Gasteiger partial charge in [0, 0.05) is 0 Å². The van der Waals surface area contributed by atoms with Gasteiger partial charge in [-0.25, -0.2) is 0 Å². The average Bonchev–Trinajstić information content (AvgIpc) is 2.73. The van der Waals surface area contributed by atoms with Crippen LogP contribution in [0.1, 0.15) is 130 Å². The maximum atomic E-state index is 5.90. The Morgan fingerprint density at radius 1 is 0.643 bits per heavy atom. The van der Waals surface area contributed by atoms with E-state index in [1.54, 1.807) is 0 Å². The lowest BCUT2D eigenvalue weighted by Gasteiger charge is -2.43. The number of hydrogen-bond acceptors (Lipinski definition) is 1. The SMILES string of the molecule is CCCCCCCCCCCCCCCCCC[N+]1(CC)CCOC(CC)C1. The van der Waals surface area contributed by atoms with Gasteiger partial charge in [-0.1, -0.05) is 104 Å². The molecule has 28 heavy (non-hydrogen) atoms. The average molecular weight is 397 g/mol. The molecular formula is C26H54NO+. The third kappa shape index (κ3) is 12.5. The first-order valence-electron chi connectivity index (χ1n) is 13.2. The van der Waals surface area contributed by atoms with Crippen LogP contribution in [0.3, 0.4) is 0 Å². The summed E-state index contributed by atoms with van der Waals surface area (Å²) in [5.41, 5.74) is 0. The van der Waals surface area contributed by atoms with Crippen LogP contribution in [0.15, 0.2) is 0 Å². The van der Waals surface area contributed by atoms with Gasteiger partial charge in [-0.3, -0.25) is 0 Å². The minimum absolute atomic E-state index is 0.509. The molecule has 0 aliphatic carbocycles. The molecule has 2 heteroatoms. The van der Waals surface area contributed by atoms with Crippen molar-refractivity contribution < 1.29 is 9.22 Å². The van der Waals surface area contributed by atoms with Crippen LogP contribution in [-0.4, -0.2) is 43.4 Å². The minimum atomic E-state index is 0.509. The quantitative estimate of drug-likeness (QED) is 0.159. The van der Waals surface area contributed by atoms with E-state index in [2.05, 4.69) is 20.8 Å². The van der Waals surface area contributed by atoms with Crippen LogP contribution in [0.4, 0.5) is 0 Å². The van der Waals surface area contributed by atoms with Gasteiger partial charge in [-0.15, -0.1) is 0 Å². The van der Waals surface area contributed by atoms with Crippen LogP contribution >= 0.6 is 0 Å². The molecule has 0 aromatic heterocycles. The Morgan fingerprint density at radius 2 is 1.11 bits per heavy atom. The lowest BCUT2D eigenvalue weighted by Crippen LogP contribution is -2.58. The van der Waals surface area contributed by atoms with Gasteiger partial charge in [-0.2, -0.15) is 0 Å². The molecule has 1 fully saturated rings. The molecule has 0 N–H and O–H groups in total. The third-order valence-electron chi connectivity index (χ3n) is 7.12. The fourth-order valence-corrected chi connectivity index (χ4v) is 4.88. The van der Waals surface area contributed by atoms with Crippen molar-refractivity contribution in [2.45, 2.75) is 136 Å². The fraction of sp³-hybridized carbons (Fsp3) is 1.00. The molecule has 1 saturated heterocycles. The van der Waals surface area contributed by atoms with E-state index in [0.29, 0.717) is 6.10 Å². The minimum Gasteiger partial charge on any atom is -0.367 e. The summed E-state index contributed by atoms with van der Waals surface area (Å²) < 4.78 is 7.22.